The number of hydrogen-bond donors (Lipinski definition) is 2. The molecule has 1 aliphatic heterocycles. The number of piperidine rings is 1. The van der Waals surface area contributed by atoms with Gasteiger partial charge in [-0.3, -0.25) is 14.7 Å². The molecule has 1 saturated heterocycles. The number of carbonyl (C=O) groups excluding carboxylic acids is 1. The van der Waals surface area contributed by atoms with E-state index >= 15 is 0 Å². The van der Waals surface area contributed by atoms with Crippen molar-refractivity contribution in [1.29, 1.82) is 0 Å². The van der Waals surface area contributed by atoms with Crippen LogP contribution in [0.2, 0.25) is 0 Å². The molecule has 31 heavy (non-hydrogen) atoms. The van der Waals surface area contributed by atoms with Gasteiger partial charge in [0.1, 0.15) is 5.82 Å². The van der Waals surface area contributed by atoms with Crippen molar-refractivity contribution >= 4 is 23.2 Å². The van der Waals surface area contributed by atoms with Crippen LogP contribution in [0, 0.1) is 12.7 Å². The van der Waals surface area contributed by atoms with Crippen LogP contribution < -0.4 is 10.6 Å². The Kier molecular flexibility index (Phi) is 6.47. The van der Waals surface area contributed by atoms with Crippen molar-refractivity contribution < 1.29 is 9.18 Å². The molecule has 0 saturated carbocycles. The van der Waals surface area contributed by atoms with E-state index in [1.54, 1.807) is 36.7 Å². The summed E-state index contributed by atoms with van der Waals surface area (Å²) in [7, 11) is 0. The van der Waals surface area contributed by atoms with Crippen LogP contribution in [-0.4, -0.2) is 45.4 Å². The van der Waals surface area contributed by atoms with Gasteiger partial charge >= 0.3 is 0 Å². The van der Waals surface area contributed by atoms with Gasteiger partial charge in [-0.15, -0.1) is 0 Å². The van der Waals surface area contributed by atoms with Crippen molar-refractivity contribution in [2.75, 3.05) is 30.3 Å². The SMILES string of the molecule is Cc1cc(Nc2ncccn2)cc(C2CCCN(CC(=O)Nc3ccccc3F)C2)n1. The van der Waals surface area contributed by atoms with Crippen molar-refractivity contribution in [3.8, 4) is 0 Å². The number of hydrogen-bond acceptors (Lipinski definition) is 6. The summed E-state index contributed by atoms with van der Waals surface area (Å²) < 4.78 is 13.8. The fourth-order valence-electron chi connectivity index (χ4n) is 3.86. The molecule has 0 radical (unpaired) electrons. The predicted molar refractivity (Wildman–Crippen MR) is 118 cm³/mol. The molecule has 2 N–H and O–H groups in total. The maximum Gasteiger partial charge on any atom is 0.238 e. The number of amides is 1. The highest BCUT2D eigenvalue weighted by Gasteiger charge is 2.24. The molecule has 1 atom stereocenters. The van der Waals surface area contributed by atoms with Gasteiger partial charge in [-0.1, -0.05) is 12.1 Å². The van der Waals surface area contributed by atoms with Crippen LogP contribution in [0.1, 0.15) is 30.1 Å². The molecule has 0 aliphatic carbocycles. The van der Waals surface area contributed by atoms with E-state index in [1.165, 1.54) is 6.07 Å². The number of carbonyl (C=O) groups is 1. The smallest absolute Gasteiger partial charge is 0.238 e. The maximum atomic E-state index is 13.8. The first-order valence-electron chi connectivity index (χ1n) is 10.4. The van der Waals surface area contributed by atoms with E-state index in [0.29, 0.717) is 5.95 Å². The number of nitrogens with one attached hydrogen (secondary N) is 2. The first-order valence-corrected chi connectivity index (χ1v) is 10.4. The fourth-order valence-corrected chi connectivity index (χ4v) is 3.86. The third kappa shape index (κ3) is 5.61. The van der Waals surface area contributed by atoms with E-state index in [0.717, 1.165) is 43.0 Å². The lowest BCUT2D eigenvalue weighted by Crippen LogP contribution is -2.40. The van der Waals surface area contributed by atoms with E-state index < -0.39 is 5.82 Å². The van der Waals surface area contributed by atoms with Gasteiger partial charge in [-0.05, 0) is 56.6 Å². The summed E-state index contributed by atoms with van der Waals surface area (Å²) in [6, 6.07) is 12.0. The molecule has 7 nitrogen and oxygen atoms in total. The average Bonchev–Trinajstić information content (AvgIpc) is 2.76. The molecule has 0 spiro atoms. The molecule has 1 aliphatic rings. The molecule has 0 bridgehead atoms. The quantitative estimate of drug-likeness (QED) is 0.630. The molecule has 2 aromatic heterocycles. The Labute approximate surface area is 180 Å². The summed E-state index contributed by atoms with van der Waals surface area (Å²) in [4.78, 5) is 27.7. The van der Waals surface area contributed by atoms with E-state index in [4.69, 9.17) is 4.98 Å². The van der Waals surface area contributed by atoms with E-state index in [9.17, 15) is 9.18 Å². The number of nitrogens with zero attached hydrogens (tertiary/aromatic N) is 4. The standard InChI is InChI=1S/C23H25FN6O/c1-16-12-18(28-23-25-9-5-10-26-23)13-21(27-16)17-6-4-11-30(14-17)15-22(31)29-20-8-3-2-7-19(20)24/h2-3,5,7-10,12-13,17H,4,6,11,14-15H2,1H3,(H,29,31)(H,25,26,27,28). The molecule has 1 fully saturated rings. The van der Waals surface area contributed by atoms with Gasteiger partial charge in [0.25, 0.3) is 0 Å². The fraction of sp³-hybridized carbons (Fsp3) is 0.304. The van der Waals surface area contributed by atoms with Gasteiger partial charge in [-0.25, -0.2) is 14.4 Å². The second-order valence-corrected chi connectivity index (χ2v) is 7.72. The highest BCUT2D eigenvalue weighted by Crippen LogP contribution is 2.28. The van der Waals surface area contributed by atoms with Crippen LogP contribution in [0.4, 0.5) is 21.7 Å². The molecule has 1 amide bonds. The zero-order chi connectivity index (χ0) is 21.6. The van der Waals surface area contributed by atoms with E-state index in [1.807, 2.05) is 19.1 Å². The molecular formula is C23H25FN6O. The number of para-hydroxylation sites is 1. The summed E-state index contributed by atoms with van der Waals surface area (Å²) in [5.41, 5.74) is 2.99. The third-order valence-electron chi connectivity index (χ3n) is 5.23. The molecule has 3 aromatic rings. The Hall–Kier alpha value is -3.39. The number of likely N-dealkylation sites (tertiary alicyclic amines) is 1. The first-order chi connectivity index (χ1) is 15.1. The van der Waals surface area contributed by atoms with Gasteiger partial charge in [0.2, 0.25) is 11.9 Å². The van der Waals surface area contributed by atoms with Gasteiger partial charge in [0, 0.05) is 41.9 Å². The number of rotatable bonds is 6. The minimum Gasteiger partial charge on any atom is -0.324 e. The summed E-state index contributed by atoms with van der Waals surface area (Å²) in [5, 5.41) is 5.89. The summed E-state index contributed by atoms with van der Waals surface area (Å²) in [6.45, 7) is 3.74. The van der Waals surface area contributed by atoms with E-state index in [-0.39, 0.29) is 24.1 Å². The van der Waals surface area contributed by atoms with Crippen LogP contribution in [0.25, 0.3) is 0 Å². The minimum atomic E-state index is -0.432. The molecule has 1 aromatic carbocycles. The topological polar surface area (TPSA) is 83.0 Å². The van der Waals surface area contributed by atoms with Gasteiger partial charge < -0.3 is 10.6 Å². The number of aromatic nitrogens is 3. The number of halogens is 1. The largest absolute Gasteiger partial charge is 0.324 e. The minimum absolute atomic E-state index is 0.209. The molecule has 160 valence electrons. The molecular weight excluding hydrogens is 395 g/mol. The Morgan fingerprint density at radius 1 is 1.19 bits per heavy atom. The van der Waals surface area contributed by atoms with Gasteiger partial charge in [0.05, 0.1) is 12.2 Å². The van der Waals surface area contributed by atoms with Gasteiger partial charge in [0.15, 0.2) is 0 Å². The first kappa shape index (κ1) is 20.9. The predicted octanol–water partition coefficient (Wildman–Crippen LogP) is 3.88. The Bertz CT molecular complexity index is 1050. The summed E-state index contributed by atoms with van der Waals surface area (Å²) in [5.74, 6) is 0.103. The normalized spacial score (nSPS) is 16.6. The van der Waals surface area contributed by atoms with E-state index in [2.05, 4.69) is 25.5 Å². The third-order valence-corrected chi connectivity index (χ3v) is 5.23. The van der Waals surface area contributed by atoms with Crippen molar-refractivity contribution in [1.82, 2.24) is 19.9 Å². The zero-order valence-electron chi connectivity index (χ0n) is 17.4. The zero-order valence-corrected chi connectivity index (χ0v) is 17.4. The van der Waals surface area contributed by atoms with Crippen LogP contribution in [0.5, 0.6) is 0 Å². The van der Waals surface area contributed by atoms with Crippen LogP contribution in [0.3, 0.4) is 0 Å². The Balaban J connectivity index is 1.41. The summed E-state index contributed by atoms with van der Waals surface area (Å²) >= 11 is 0. The highest BCUT2D eigenvalue weighted by atomic mass is 19.1. The lowest BCUT2D eigenvalue weighted by atomic mass is 9.93. The van der Waals surface area contributed by atoms with Crippen molar-refractivity contribution in [3.63, 3.8) is 0 Å². The second kappa shape index (κ2) is 9.61. The lowest BCUT2D eigenvalue weighted by molar-refractivity contribution is -0.117. The molecule has 3 heterocycles. The lowest BCUT2D eigenvalue weighted by Gasteiger charge is -2.32. The number of anilines is 3. The molecule has 8 heteroatoms. The average molecular weight is 420 g/mol. The van der Waals surface area contributed by atoms with Crippen molar-refractivity contribution in [2.45, 2.75) is 25.7 Å². The maximum absolute atomic E-state index is 13.8. The van der Waals surface area contributed by atoms with Gasteiger partial charge in [-0.2, -0.15) is 0 Å². The Morgan fingerprint density at radius 3 is 2.81 bits per heavy atom. The van der Waals surface area contributed by atoms with Crippen LogP contribution >= 0.6 is 0 Å². The van der Waals surface area contributed by atoms with Crippen molar-refractivity contribution in [2.24, 2.45) is 0 Å². The second-order valence-electron chi connectivity index (χ2n) is 7.72. The van der Waals surface area contributed by atoms with Crippen molar-refractivity contribution in [3.05, 3.63) is 72.1 Å². The molecule has 4 rings (SSSR count). The monoisotopic (exact) mass is 420 g/mol. The summed E-state index contributed by atoms with van der Waals surface area (Å²) in [6.07, 6.45) is 5.35. The number of benzene rings is 1. The molecule has 1 unspecified atom stereocenters. The number of pyridine rings is 1. The van der Waals surface area contributed by atoms with Crippen LogP contribution in [-0.2, 0) is 4.79 Å². The number of aryl methyl sites for hydroxylation is 1. The Morgan fingerprint density at radius 2 is 2.00 bits per heavy atom. The van der Waals surface area contributed by atoms with Crippen LogP contribution in [0.15, 0.2) is 54.9 Å². The highest BCUT2D eigenvalue weighted by molar-refractivity contribution is 5.92.